The van der Waals surface area contributed by atoms with Crippen molar-refractivity contribution in [3.63, 3.8) is 0 Å². The lowest BCUT2D eigenvalue weighted by molar-refractivity contribution is 0.569. The lowest BCUT2D eigenvalue weighted by Gasteiger charge is -2.11. The molecule has 17 heavy (non-hydrogen) atoms. The third-order valence-electron chi connectivity index (χ3n) is 2.65. The summed E-state index contributed by atoms with van der Waals surface area (Å²) in [6, 6.07) is 6.16. The molecule has 1 aromatic carbocycles. The smallest absolute Gasteiger partial charge is 0.207 e. The monoisotopic (exact) mass is 252 g/mol. The van der Waals surface area contributed by atoms with E-state index in [-0.39, 0.29) is 4.90 Å². The zero-order valence-corrected chi connectivity index (χ0v) is 11.0. The molecule has 92 valence electrons. The van der Waals surface area contributed by atoms with Crippen LogP contribution in [0.3, 0.4) is 0 Å². The van der Waals surface area contributed by atoms with Crippen LogP contribution < -0.4 is 4.72 Å². The maximum absolute atomic E-state index is 12.0. The molecule has 0 radical (unpaired) electrons. The largest absolute Gasteiger partial charge is 0.241 e. The molecular weight excluding hydrogens is 236 g/mol. The van der Waals surface area contributed by atoms with Crippen molar-refractivity contribution in [1.82, 2.24) is 4.72 Å². The molecule has 0 aliphatic carbocycles. The molecule has 0 aliphatic heterocycles. The van der Waals surface area contributed by atoms with E-state index in [0.717, 1.165) is 11.1 Å². The Morgan fingerprint density at radius 2 is 2.00 bits per heavy atom. The van der Waals surface area contributed by atoms with E-state index >= 15 is 0 Å². The highest BCUT2D eigenvalue weighted by molar-refractivity contribution is 7.89. The minimum atomic E-state index is -3.60. The topological polar surface area (TPSA) is 70.0 Å². The van der Waals surface area contributed by atoms with Crippen molar-refractivity contribution in [1.29, 1.82) is 5.26 Å². The minimum absolute atomic E-state index is 0.203. The summed E-state index contributed by atoms with van der Waals surface area (Å²) in [7, 11) is -3.60. The molecule has 5 heteroatoms. The maximum atomic E-state index is 12.0. The molecule has 0 saturated heterocycles. The second kappa shape index (κ2) is 5.30. The standard InChI is InChI=1S/C12H16N2O2S/c1-4-11(8-13)14-17(15,16)12-6-5-9(2)10(3)7-12/h5-7,11,14H,4H2,1-3H3. The first kappa shape index (κ1) is 13.7. The van der Waals surface area contributed by atoms with Gasteiger partial charge in [-0.05, 0) is 43.5 Å². The first-order chi connectivity index (χ1) is 7.90. The van der Waals surface area contributed by atoms with Crippen molar-refractivity contribution in [3.05, 3.63) is 29.3 Å². The van der Waals surface area contributed by atoms with E-state index in [1.54, 1.807) is 25.1 Å². The molecular formula is C12H16N2O2S. The number of hydrogen-bond donors (Lipinski definition) is 1. The van der Waals surface area contributed by atoms with Gasteiger partial charge in [0.2, 0.25) is 10.0 Å². The van der Waals surface area contributed by atoms with Crippen LogP contribution in [0.2, 0.25) is 0 Å². The van der Waals surface area contributed by atoms with Crippen LogP contribution in [-0.4, -0.2) is 14.5 Å². The molecule has 1 atom stereocenters. The van der Waals surface area contributed by atoms with Crippen molar-refractivity contribution in [2.45, 2.75) is 38.1 Å². The average molecular weight is 252 g/mol. The van der Waals surface area contributed by atoms with Gasteiger partial charge in [-0.1, -0.05) is 13.0 Å². The molecule has 0 aliphatic rings. The highest BCUT2D eigenvalue weighted by Crippen LogP contribution is 2.15. The number of benzene rings is 1. The van der Waals surface area contributed by atoms with Gasteiger partial charge in [0, 0.05) is 0 Å². The van der Waals surface area contributed by atoms with E-state index in [4.69, 9.17) is 5.26 Å². The van der Waals surface area contributed by atoms with Crippen LogP contribution in [0.4, 0.5) is 0 Å². The van der Waals surface area contributed by atoms with Crippen LogP contribution in [0.1, 0.15) is 24.5 Å². The summed E-state index contributed by atoms with van der Waals surface area (Å²) >= 11 is 0. The second-order valence-electron chi connectivity index (χ2n) is 3.96. The molecule has 4 nitrogen and oxygen atoms in total. The second-order valence-corrected chi connectivity index (χ2v) is 5.67. The highest BCUT2D eigenvalue weighted by Gasteiger charge is 2.18. The number of sulfonamides is 1. The van der Waals surface area contributed by atoms with Crippen LogP contribution in [-0.2, 0) is 10.0 Å². The average Bonchev–Trinajstić information content (AvgIpc) is 2.29. The lowest BCUT2D eigenvalue weighted by Crippen LogP contribution is -2.33. The molecule has 0 aromatic heterocycles. The predicted octanol–water partition coefficient (Wildman–Crippen LogP) is 1.88. The molecule has 0 spiro atoms. The number of nitrogens with one attached hydrogen (secondary N) is 1. The molecule has 1 aromatic rings. The van der Waals surface area contributed by atoms with Gasteiger partial charge in [0.05, 0.1) is 11.0 Å². The van der Waals surface area contributed by atoms with Crippen LogP contribution in [0.25, 0.3) is 0 Å². The van der Waals surface area contributed by atoms with E-state index in [1.807, 2.05) is 19.9 Å². The van der Waals surface area contributed by atoms with Gasteiger partial charge in [0.15, 0.2) is 0 Å². The summed E-state index contributed by atoms with van der Waals surface area (Å²) in [6.07, 6.45) is 0.445. The molecule has 1 rings (SSSR count). The Morgan fingerprint density at radius 3 is 2.47 bits per heavy atom. The first-order valence-corrected chi connectivity index (χ1v) is 6.88. The number of nitriles is 1. The van der Waals surface area contributed by atoms with Crippen LogP contribution in [0.5, 0.6) is 0 Å². The summed E-state index contributed by atoms with van der Waals surface area (Å²) in [5.74, 6) is 0. The molecule has 0 saturated carbocycles. The molecule has 0 amide bonds. The Labute approximate surface area is 102 Å². The predicted molar refractivity (Wildman–Crippen MR) is 65.9 cm³/mol. The summed E-state index contributed by atoms with van der Waals surface area (Å²) in [5.41, 5.74) is 1.95. The fourth-order valence-corrected chi connectivity index (χ4v) is 2.65. The zero-order chi connectivity index (χ0) is 13.1. The van der Waals surface area contributed by atoms with Crippen molar-refractivity contribution in [3.8, 4) is 6.07 Å². The Hall–Kier alpha value is -1.38. The normalized spacial score (nSPS) is 13.1. The van der Waals surface area contributed by atoms with Crippen LogP contribution >= 0.6 is 0 Å². The molecule has 0 heterocycles. The molecule has 0 fully saturated rings. The van der Waals surface area contributed by atoms with E-state index in [1.165, 1.54) is 0 Å². The van der Waals surface area contributed by atoms with E-state index in [9.17, 15) is 8.42 Å². The maximum Gasteiger partial charge on any atom is 0.241 e. The summed E-state index contributed by atoms with van der Waals surface area (Å²) in [4.78, 5) is 0.203. The number of rotatable bonds is 4. The lowest BCUT2D eigenvalue weighted by atomic mass is 10.1. The third kappa shape index (κ3) is 3.29. The zero-order valence-electron chi connectivity index (χ0n) is 10.2. The molecule has 0 bridgehead atoms. The van der Waals surface area contributed by atoms with Gasteiger partial charge in [0.25, 0.3) is 0 Å². The summed E-state index contributed by atoms with van der Waals surface area (Å²) in [5, 5.41) is 8.76. The van der Waals surface area contributed by atoms with Crippen molar-refractivity contribution >= 4 is 10.0 Å². The number of hydrogen-bond acceptors (Lipinski definition) is 3. The molecule has 1 N–H and O–H groups in total. The fraction of sp³-hybridized carbons (Fsp3) is 0.417. The van der Waals surface area contributed by atoms with Crippen LogP contribution in [0.15, 0.2) is 23.1 Å². The van der Waals surface area contributed by atoms with Gasteiger partial charge in [-0.2, -0.15) is 9.98 Å². The van der Waals surface area contributed by atoms with Gasteiger partial charge in [0.1, 0.15) is 6.04 Å². The third-order valence-corrected chi connectivity index (χ3v) is 4.12. The van der Waals surface area contributed by atoms with Crippen LogP contribution in [0, 0.1) is 25.2 Å². The van der Waals surface area contributed by atoms with Gasteiger partial charge in [-0.3, -0.25) is 0 Å². The van der Waals surface area contributed by atoms with Gasteiger partial charge in [-0.15, -0.1) is 0 Å². The Bertz CT molecular complexity index is 544. The summed E-state index contributed by atoms with van der Waals surface area (Å²) in [6.45, 7) is 5.54. The van der Waals surface area contributed by atoms with E-state index in [2.05, 4.69) is 4.72 Å². The van der Waals surface area contributed by atoms with Gasteiger partial charge >= 0.3 is 0 Å². The van der Waals surface area contributed by atoms with Gasteiger partial charge < -0.3 is 0 Å². The van der Waals surface area contributed by atoms with Crippen molar-refractivity contribution in [2.75, 3.05) is 0 Å². The number of nitrogens with zero attached hydrogens (tertiary/aromatic N) is 1. The first-order valence-electron chi connectivity index (χ1n) is 5.40. The van der Waals surface area contributed by atoms with Crippen molar-refractivity contribution in [2.24, 2.45) is 0 Å². The molecule has 1 unspecified atom stereocenters. The highest BCUT2D eigenvalue weighted by atomic mass is 32.2. The fourth-order valence-electron chi connectivity index (χ4n) is 1.34. The summed E-state index contributed by atoms with van der Waals surface area (Å²) < 4.78 is 26.3. The van der Waals surface area contributed by atoms with E-state index < -0.39 is 16.1 Å². The minimum Gasteiger partial charge on any atom is -0.207 e. The van der Waals surface area contributed by atoms with Gasteiger partial charge in [-0.25, -0.2) is 8.42 Å². The Balaban J connectivity index is 3.06. The SMILES string of the molecule is CCC(C#N)NS(=O)(=O)c1ccc(C)c(C)c1. The van der Waals surface area contributed by atoms with E-state index in [0.29, 0.717) is 6.42 Å². The Morgan fingerprint density at radius 1 is 1.35 bits per heavy atom. The number of aryl methyl sites for hydroxylation is 2. The van der Waals surface area contributed by atoms with Crippen molar-refractivity contribution < 1.29 is 8.42 Å². The Kier molecular flexibility index (Phi) is 4.27. The quantitative estimate of drug-likeness (QED) is 0.889.